The van der Waals surface area contributed by atoms with Gasteiger partial charge in [-0.2, -0.15) is 0 Å². The summed E-state index contributed by atoms with van der Waals surface area (Å²) < 4.78 is 35.9. The van der Waals surface area contributed by atoms with Crippen molar-refractivity contribution in [2.24, 2.45) is 0 Å². The van der Waals surface area contributed by atoms with Crippen molar-refractivity contribution in [3.8, 4) is 0 Å². The number of nitrogens with zero attached hydrogens (tertiary/aromatic N) is 1. The monoisotopic (exact) mass is 312 g/mol. The molecule has 0 bridgehead atoms. The third-order valence-corrected chi connectivity index (χ3v) is 3.51. The maximum atomic E-state index is 13.6. The second-order valence-corrected chi connectivity index (χ2v) is 6.02. The van der Waals surface area contributed by atoms with E-state index in [4.69, 9.17) is 10.7 Å². The van der Waals surface area contributed by atoms with E-state index in [1.54, 1.807) is 0 Å². The molecule has 1 heterocycles. The Kier molecular flexibility index (Phi) is 2.48. The summed E-state index contributed by atoms with van der Waals surface area (Å²) in [6.45, 7) is 0. The summed E-state index contributed by atoms with van der Waals surface area (Å²) >= 11 is 3.02. The van der Waals surface area contributed by atoms with Crippen LogP contribution in [0.15, 0.2) is 21.8 Å². The van der Waals surface area contributed by atoms with E-state index >= 15 is 0 Å². The molecule has 0 spiro atoms. The fourth-order valence-electron chi connectivity index (χ4n) is 1.18. The zero-order valence-electron chi connectivity index (χ0n) is 6.96. The highest BCUT2D eigenvalue weighted by Gasteiger charge is 2.20. The maximum Gasteiger partial charge on any atom is 0.264 e. The van der Waals surface area contributed by atoms with Crippen molar-refractivity contribution < 1.29 is 12.8 Å². The first kappa shape index (κ1) is 10.8. The molecule has 0 aliphatic carbocycles. The van der Waals surface area contributed by atoms with Gasteiger partial charge in [0.15, 0.2) is 10.6 Å². The second-order valence-electron chi connectivity index (χ2n) is 2.74. The first-order chi connectivity index (χ1) is 6.89. The van der Waals surface area contributed by atoms with Gasteiger partial charge in [0.05, 0.1) is 5.52 Å². The first-order valence-electron chi connectivity index (χ1n) is 3.68. The quantitative estimate of drug-likeness (QED) is 0.822. The minimum Gasteiger partial charge on any atom is -0.332 e. The number of rotatable bonds is 1. The van der Waals surface area contributed by atoms with E-state index in [2.05, 4.69) is 25.9 Å². The number of benzene rings is 1. The van der Waals surface area contributed by atoms with Gasteiger partial charge in [0.25, 0.3) is 9.05 Å². The van der Waals surface area contributed by atoms with Crippen LogP contribution >= 0.6 is 26.6 Å². The predicted molar refractivity (Wildman–Crippen MR) is 56.8 cm³/mol. The van der Waals surface area contributed by atoms with Crippen LogP contribution < -0.4 is 0 Å². The van der Waals surface area contributed by atoms with Crippen LogP contribution in [0.25, 0.3) is 11.0 Å². The molecule has 1 aromatic heterocycles. The Hall–Kier alpha value is -0.660. The number of nitrogens with one attached hydrogen (secondary N) is 1. The minimum atomic E-state index is -4.09. The zero-order chi connectivity index (χ0) is 11.2. The normalized spacial score (nSPS) is 12.2. The molecule has 4 nitrogen and oxygen atoms in total. The van der Waals surface area contributed by atoms with E-state index in [1.807, 2.05) is 0 Å². The summed E-state index contributed by atoms with van der Waals surface area (Å²) in [5, 5.41) is 0. The largest absolute Gasteiger partial charge is 0.332 e. The molecule has 15 heavy (non-hydrogen) atoms. The summed E-state index contributed by atoms with van der Waals surface area (Å²) in [6.07, 6.45) is 0. The molecule has 0 aliphatic rings. The van der Waals surface area contributed by atoms with Crippen molar-refractivity contribution in [1.29, 1.82) is 0 Å². The van der Waals surface area contributed by atoms with E-state index in [0.717, 1.165) is 6.07 Å². The number of aromatic nitrogens is 2. The number of hydrogen-bond acceptors (Lipinski definition) is 3. The van der Waals surface area contributed by atoms with Gasteiger partial charge in [-0.25, -0.2) is 17.8 Å². The molecule has 8 heteroatoms. The van der Waals surface area contributed by atoms with E-state index in [1.165, 1.54) is 6.07 Å². The maximum absolute atomic E-state index is 13.6. The van der Waals surface area contributed by atoms with Crippen molar-refractivity contribution in [3.63, 3.8) is 0 Å². The van der Waals surface area contributed by atoms with E-state index < -0.39 is 19.8 Å². The van der Waals surface area contributed by atoms with Gasteiger partial charge in [0.1, 0.15) is 10.4 Å². The molecular weight excluding hydrogens is 311 g/mol. The highest BCUT2D eigenvalue weighted by atomic mass is 79.9. The summed E-state index contributed by atoms with van der Waals surface area (Å²) in [7, 11) is 0.966. The van der Waals surface area contributed by atoms with Crippen molar-refractivity contribution in [2.75, 3.05) is 0 Å². The summed E-state index contributed by atoms with van der Waals surface area (Å²) in [4.78, 5) is 5.88. The Morgan fingerprint density at radius 1 is 1.47 bits per heavy atom. The van der Waals surface area contributed by atoms with Crippen molar-refractivity contribution in [3.05, 3.63) is 22.7 Å². The number of H-pyrrole nitrogens is 1. The van der Waals surface area contributed by atoms with Gasteiger partial charge in [-0.05, 0) is 28.1 Å². The fraction of sp³-hybridized carbons (Fsp3) is 0. The molecule has 0 fully saturated rings. The smallest absolute Gasteiger partial charge is 0.264 e. The van der Waals surface area contributed by atoms with Gasteiger partial charge >= 0.3 is 0 Å². The summed E-state index contributed by atoms with van der Waals surface area (Å²) in [5.41, 5.74) is 0.326. The number of aromatic amines is 1. The van der Waals surface area contributed by atoms with E-state index in [9.17, 15) is 12.8 Å². The van der Waals surface area contributed by atoms with Gasteiger partial charge in [-0.1, -0.05) is 0 Å². The van der Waals surface area contributed by atoms with Gasteiger partial charge in [-0.15, -0.1) is 0 Å². The molecule has 0 amide bonds. The molecule has 0 unspecified atom stereocenters. The molecule has 80 valence electrons. The van der Waals surface area contributed by atoms with Gasteiger partial charge in [0.2, 0.25) is 0 Å². The number of imidazole rings is 1. The average Bonchev–Trinajstić information content (AvgIpc) is 2.44. The molecule has 1 aromatic carbocycles. The average molecular weight is 314 g/mol. The standard InChI is InChI=1S/C7H3BrClFN2O2S/c8-7-11-3-1-2-4(15(9,13)14)5(10)6(3)12-7/h1-2H,(H,11,12). The number of hydrogen-bond donors (Lipinski definition) is 1. The van der Waals surface area contributed by atoms with Crippen LogP contribution in [-0.2, 0) is 9.05 Å². The lowest BCUT2D eigenvalue weighted by molar-refractivity contribution is 0.581. The van der Waals surface area contributed by atoms with Crippen molar-refractivity contribution in [1.82, 2.24) is 9.97 Å². The van der Waals surface area contributed by atoms with Crippen LogP contribution in [-0.4, -0.2) is 18.4 Å². The van der Waals surface area contributed by atoms with Crippen molar-refractivity contribution in [2.45, 2.75) is 4.90 Å². The van der Waals surface area contributed by atoms with Crippen LogP contribution in [0, 0.1) is 5.82 Å². The molecule has 0 aliphatic heterocycles. The van der Waals surface area contributed by atoms with Crippen LogP contribution in [0.1, 0.15) is 0 Å². The minimum absolute atomic E-state index is 0.0661. The molecule has 0 radical (unpaired) electrons. The Morgan fingerprint density at radius 3 is 2.73 bits per heavy atom. The number of halogens is 3. The molecule has 2 aromatic rings. The SMILES string of the molecule is O=S(=O)(Cl)c1ccc2[nH]c(Br)nc2c1F. The second kappa shape index (κ2) is 3.43. The predicted octanol–water partition coefficient (Wildman–Crippen LogP) is 2.39. The van der Waals surface area contributed by atoms with Crippen LogP contribution in [0.5, 0.6) is 0 Å². The fourth-order valence-corrected chi connectivity index (χ4v) is 2.47. The summed E-state index contributed by atoms with van der Waals surface area (Å²) in [6, 6.07) is 2.48. The van der Waals surface area contributed by atoms with Gasteiger partial charge < -0.3 is 4.98 Å². The molecule has 2 rings (SSSR count). The Morgan fingerprint density at radius 2 is 2.13 bits per heavy atom. The van der Waals surface area contributed by atoms with Gasteiger partial charge in [-0.3, -0.25) is 0 Å². The van der Waals surface area contributed by atoms with E-state index in [-0.39, 0.29) is 5.52 Å². The number of fused-ring (bicyclic) bond motifs is 1. The molecule has 0 saturated carbocycles. The molecule has 0 saturated heterocycles. The Bertz CT molecular complexity index is 640. The van der Waals surface area contributed by atoms with Gasteiger partial charge in [0, 0.05) is 10.7 Å². The Balaban J connectivity index is 2.87. The third kappa shape index (κ3) is 1.86. The van der Waals surface area contributed by atoms with Crippen molar-refractivity contribution >= 4 is 46.7 Å². The zero-order valence-corrected chi connectivity index (χ0v) is 10.1. The van der Waals surface area contributed by atoms with Crippen LogP contribution in [0.4, 0.5) is 4.39 Å². The topological polar surface area (TPSA) is 62.8 Å². The van der Waals surface area contributed by atoms with Crippen LogP contribution in [0.3, 0.4) is 0 Å². The molecular formula is C7H3BrClFN2O2S. The molecule has 1 N–H and O–H groups in total. The molecule has 0 atom stereocenters. The highest BCUT2D eigenvalue weighted by Crippen LogP contribution is 2.26. The first-order valence-corrected chi connectivity index (χ1v) is 6.78. The lowest BCUT2D eigenvalue weighted by atomic mass is 10.3. The lowest BCUT2D eigenvalue weighted by Gasteiger charge is -1.98. The summed E-state index contributed by atoms with van der Waals surface area (Å²) in [5.74, 6) is -0.954. The lowest BCUT2D eigenvalue weighted by Crippen LogP contribution is -1.95. The van der Waals surface area contributed by atoms with E-state index in [0.29, 0.717) is 10.3 Å². The third-order valence-electron chi connectivity index (χ3n) is 1.79. The highest BCUT2D eigenvalue weighted by molar-refractivity contribution is 9.10. The Labute approximate surface area is 97.0 Å². The van der Waals surface area contributed by atoms with Crippen LogP contribution in [0.2, 0.25) is 0 Å².